The van der Waals surface area contributed by atoms with Gasteiger partial charge in [0, 0.05) is 59.2 Å². The fraction of sp³-hybridized carbons (Fsp3) is 0.235. The SMILES string of the molecule is Cc1ncc(C)n2nc(CCc3ccc4cc(-c5nc(C)c6nc(CCc7ccc8ccncc8n7)nn6c5C)cnc4n3)nc12. The van der Waals surface area contributed by atoms with Gasteiger partial charge in [-0.25, -0.2) is 34.0 Å². The highest BCUT2D eigenvalue weighted by atomic mass is 15.3. The van der Waals surface area contributed by atoms with E-state index in [-0.39, 0.29) is 0 Å². The number of rotatable bonds is 7. The standard InChI is InChI=1S/C34H30N12/c1-19-16-36-20(2)33-41-29(43-45(19)33)12-10-27-8-6-24-15-25(17-37-32(24)40-27)31-22(4)46-34(21(3)38-31)42-30(44-46)11-9-26-7-5-23-13-14-35-18-28(23)39-26/h5-8,13-18H,9-12H2,1-4H3. The quantitative estimate of drug-likeness (QED) is 0.246. The highest BCUT2D eigenvalue weighted by Gasteiger charge is 2.16. The van der Waals surface area contributed by atoms with Crippen molar-refractivity contribution in [3.63, 3.8) is 0 Å². The van der Waals surface area contributed by atoms with Crippen molar-refractivity contribution < 1.29 is 0 Å². The minimum atomic E-state index is 0.671. The Balaban J connectivity index is 1.02. The molecule has 0 aliphatic heterocycles. The molecule has 0 atom stereocenters. The van der Waals surface area contributed by atoms with Crippen LogP contribution in [-0.2, 0) is 25.7 Å². The fourth-order valence-electron chi connectivity index (χ4n) is 5.79. The van der Waals surface area contributed by atoms with Crippen molar-refractivity contribution in [2.24, 2.45) is 0 Å². The van der Waals surface area contributed by atoms with E-state index in [0.29, 0.717) is 24.9 Å². The molecule has 12 heteroatoms. The van der Waals surface area contributed by atoms with Crippen LogP contribution in [0.4, 0.5) is 0 Å². The van der Waals surface area contributed by atoms with Gasteiger partial charge in [-0.05, 0) is 70.9 Å². The van der Waals surface area contributed by atoms with E-state index < -0.39 is 0 Å². The third-order valence-corrected chi connectivity index (χ3v) is 8.30. The first-order valence-corrected chi connectivity index (χ1v) is 15.3. The predicted octanol–water partition coefficient (Wildman–Crippen LogP) is 4.92. The summed E-state index contributed by atoms with van der Waals surface area (Å²) in [6.07, 6.45) is 10.0. The number of pyridine rings is 4. The van der Waals surface area contributed by atoms with E-state index in [9.17, 15) is 0 Å². The van der Waals surface area contributed by atoms with Gasteiger partial charge in [-0.1, -0.05) is 6.07 Å². The molecule has 8 rings (SSSR count). The van der Waals surface area contributed by atoms with Gasteiger partial charge in [0.25, 0.3) is 0 Å². The molecule has 0 fully saturated rings. The third kappa shape index (κ3) is 4.97. The van der Waals surface area contributed by atoms with Crippen molar-refractivity contribution in [2.45, 2.75) is 53.4 Å². The molecule has 0 saturated heterocycles. The molecule has 8 heterocycles. The van der Waals surface area contributed by atoms with Crippen LogP contribution in [0.2, 0.25) is 0 Å². The van der Waals surface area contributed by atoms with Crippen molar-refractivity contribution in [1.29, 1.82) is 0 Å². The molecule has 0 amide bonds. The number of aryl methyl sites for hydroxylation is 8. The lowest BCUT2D eigenvalue weighted by Crippen LogP contribution is -2.03. The first-order chi connectivity index (χ1) is 22.4. The Morgan fingerprint density at radius 1 is 0.609 bits per heavy atom. The van der Waals surface area contributed by atoms with Gasteiger partial charge in [0.1, 0.15) is 0 Å². The largest absolute Gasteiger partial charge is 0.262 e. The zero-order valence-corrected chi connectivity index (χ0v) is 26.0. The Bertz CT molecular complexity index is 2400. The molecule has 0 saturated carbocycles. The van der Waals surface area contributed by atoms with Gasteiger partial charge in [0.15, 0.2) is 28.6 Å². The second-order valence-corrected chi connectivity index (χ2v) is 11.6. The second-order valence-electron chi connectivity index (χ2n) is 11.6. The van der Waals surface area contributed by atoms with Gasteiger partial charge in [-0.15, -0.1) is 0 Å². The summed E-state index contributed by atoms with van der Waals surface area (Å²) >= 11 is 0. The van der Waals surface area contributed by atoms with E-state index in [4.69, 9.17) is 35.0 Å². The van der Waals surface area contributed by atoms with Gasteiger partial charge < -0.3 is 0 Å². The van der Waals surface area contributed by atoms with E-state index in [1.807, 2.05) is 61.3 Å². The lowest BCUT2D eigenvalue weighted by atomic mass is 10.1. The predicted molar refractivity (Wildman–Crippen MR) is 173 cm³/mol. The Labute approximate surface area is 263 Å². The van der Waals surface area contributed by atoms with Gasteiger partial charge in [-0.2, -0.15) is 10.2 Å². The molecule has 0 aromatic carbocycles. The lowest BCUT2D eigenvalue weighted by molar-refractivity contribution is 0.807. The van der Waals surface area contributed by atoms with Crippen molar-refractivity contribution in [3.05, 3.63) is 107 Å². The summed E-state index contributed by atoms with van der Waals surface area (Å²) in [5, 5.41) is 11.5. The second kappa shape index (κ2) is 11.0. The van der Waals surface area contributed by atoms with Crippen molar-refractivity contribution in [2.75, 3.05) is 0 Å². The van der Waals surface area contributed by atoms with E-state index in [0.717, 1.165) is 91.1 Å². The summed E-state index contributed by atoms with van der Waals surface area (Å²) in [6.45, 7) is 7.91. The molecule has 0 spiro atoms. The molecule has 0 N–H and O–H groups in total. The lowest BCUT2D eigenvalue weighted by Gasteiger charge is -2.09. The summed E-state index contributed by atoms with van der Waals surface area (Å²) < 4.78 is 3.74. The van der Waals surface area contributed by atoms with Crippen LogP contribution in [-0.4, -0.2) is 59.1 Å². The Hall–Kier alpha value is -5.78. The summed E-state index contributed by atoms with van der Waals surface area (Å²) in [4.78, 5) is 37.3. The molecule has 8 aromatic heterocycles. The zero-order chi connectivity index (χ0) is 31.4. The molecular formula is C34H30N12. The average molecular weight is 607 g/mol. The van der Waals surface area contributed by atoms with Gasteiger partial charge >= 0.3 is 0 Å². The zero-order valence-electron chi connectivity index (χ0n) is 26.0. The van der Waals surface area contributed by atoms with Crippen LogP contribution in [0.5, 0.6) is 0 Å². The maximum atomic E-state index is 4.93. The van der Waals surface area contributed by atoms with Crippen molar-refractivity contribution in [1.82, 2.24) is 59.1 Å². The fourth-order valence-corrected chi connectivity index (χ4v) is 5.79. The molecule has 0 aliphatic carbocycles. The van der Waals surface area contributed by atoms with E-state index in [1.165, 1.54) is 0 Å². The van der Waals surface area contributed by atoms with E-state index in [1.54, 1.807) is 12.4 Å². The maximum absolute atomic E-state index is 4.93. The number of hydrogen-bond acceptors (Lipinski definition) is 10. The van der Waals surface area contributed by atoms with Crippen LogP contribution in [0.3, 0.4) is 0 Å². The molecule has 8 aromatic rings. The summed E-state index contributed by atoms with van der Waals surface area (Å²) in [7, 11) is 0. The van der Waals surface area contributed by atoms with Crippen LogP contribution < -0.4 is 0 Å². The Kier molecular flexibility index (Phi) is 6.63. The molecule has 0 bridgehead atoms. The van der Waals surface area contributed by atoms with E-state index >= 15 is 0 Å². The number of hydrogen-bond donors (Lipinski definition) is 0. The average Bonchev–Trinajstić information content (AvgIpc) is 3.72. The van der Waals surface area contributed by atoms with Crippen molar-refractivity contribution >= 4 is 33.2 Å². The normalized spacial score (nSPS) is 11.8. The third-order valence-electron chi connectivity index (χ3n) is 8.30. The highest BCUT2D eigenvalue weighted by molar-refractivity contribution is 5.81. The Morgan fingerprint density at radius 2 is 1.33 bits per heavy atom. The highest BCUT2D eigenvalue weighted by Crippen LogP contribution is 2.26. The molecular weight excluding hydrogens is 576 g/mol. The van der Waals surface area contributed by atoms with Gasteiger partial charge in [0.05, 0.1) is 40.2 Å². The first kappa shape index (κ1) is 27.7. The van der Waals surface area contributed by atoms with Crippen molar-refractivity contribution in [3.8, 4) is 11.3 Å². The monoisotopic (exact) mass is 606 g/mol. The van der Waals surface area contributed by atoms with E-state index in [2.05, 4.69) is 39.3 Å². The topological polar surface area (TPSA) is 138 Å². The molecule has 0 unspecified atom stereocenters. The van der Waals surface area contributed by atoms with Crippen LogP contribution in [0.1, 0.15) is 45.8 Å². The maximum Gasteiger partial charge on any atom is 0.177 e. The molecule has 0 aliphatic rings. The molecule has 46 heavy (non-hydrogen) atoms. The first-order valence-electron chi connectivity index (χ1n) is 15.3. The minimum Gasteiger partial charge on any atom is -0.262 e. The van der Waals surface area contributed by atoms with Crippen LogP contribution in [0, 0.1) is 27.7 Å². The molecule has 0 radical (unpaired) electrons. The summed E-state index contributed by atoms with van der Waals surface area (Å²) in [6, 6.07) is 12.3. The van der Waals surface area contributed by atoms with Gasteiger partial charge in [-0.3, -0.25) is 15.0 Å². The minimum absolute atomic E-state index is 0.671. The summed E-state index contributed by atoms with van der Waals surface area (Å²) in [5.41, 5.74) is 10.3. The molecule has 12 nitrogen and oxygen atoms in total. The van der Waals surface area contributed by atoms with Gasteiger partial charge in [0.2, 0.25) is 0 Å². The number of nitrogens with zero attached hydrogens (tertiary/aromatic N) is 12. The van der Waals surface area contributed by atoms with Crippen LogP contribution in [0.25, 0.3) is 44.5 Å². The summed E-state index contributed by atoms with van der Waals surface area (Å²) in [5.74, 6) is 1.53. The Morgan fingerprint density at radius 3 is 2.11 bits per heavy atom. The smallest absolute Gasteiger partial charge is 0.177 e. The number of fused-ring (bicyclic) bond motifs is 4. The van der Waals surface area contributed by atoms with Crippen LogP contribution >= 0.6 is 0 Å². The van der Waals surface area contributed by atoms with Crippen LogP contribution in [0.15, 0.2) is 61.2 Å². The number of aromatic nitrogens is 12. The molecule has 226 valence electrons.